The van der Waals surface area contributed by atoms with Gasteiger partial charge in [-0.1, -0.05) is 0 Å². The van der Waals surface area contributed by atoms with E-state index in [4.69, 9.17) is 9.47 Å². The minimum atomic E-state index is 0.134. The summed E-state index contributed by atoms with van der Waals surface area (Å²) in [5.74, 6) is 2.00. The average molecular weight is 320 g/mol. The molecule has 128 valence electrons. The highest BCUT2D eigenvalue weighted by Crippen LogP contribution is 2.19. The molecule has 1 unspecified atom stereocenters. The molecule has 0 spiro atoms. The van der Waals surface area contributed by atoms with Gasteiger partial charge in [0.25, 0.3) is 0 Å². The van der Waals surface area contributed by atoms with E-state index in [2.05, 4.69) is 11.9 Å². The predicted molar refractivity (Wildman–Crippen MR) is 91.0 cm³/mol. The highest BCUT2D eigenvalue weighted by molar-refractivity contribution is 5.79. The van der Waals surface area contributed by atoms with E-state index in [1.807, 2.05) is 36.1 Å². The number of benzene rings is 1. The van der Waals surface area contributed by atoms with E-state index in [0.717, 1.165) is 44.0 Å². The summed E-state index contributed by atoms with van der Waals surface area (Å²) in [4.78, 5) is 16.8. The van der Waals surface area contributed by atoms with E-state index >= 15 is 0 Å². The van der Waals surface area contributed by atoms with Gasteiger partial charge in [0.1, 0.15) is 18.1 Å². The van der Waals surface area contributed by atoms with Gasteiger partial charge in [0, 0.05) is 13.1 Å². The van der Waals surface area contributed by atoms with Crippen LogP contribution >= 0.6 is 0 Å². The Bertz CT molecular complexity index is 490. The van der Waals surface area contributed by atoms with Gasteiger partial charge in [-0.2, -0.15) is 0 Å². The number of likely N-dealkylation sites (tertiary alicyclic amines) is 1. The molecule has 0 radical (unpaired) electrons. The van der Waals surface area contributed by atoms with Gasteiger partial charge in [0.2, 0.25) is 5.91 Å². The fourth-order valence-corrected chi connectivity index (χ4v) is 3.00. The molecule has 0 aliphatic carbocycles. The number of rotatable bonds is 7. The van der Waals surface area contributed by atoms with Crippen molar-refractivity contribution in [2.45, 2.75) is 19.8 Å². The summed E-state index contributed by atoms with van der Waals surface area (Å²) in [5, 5.41) is 0. The molecular weight excluding hydrogens is 292 g/mol. The Morgan fingerprint density at radius 3 is 2.61 bits per heavy atom. The number of piperidine rings is 1. The maximum atomic E-state index is 12.6. The van der Waals surface area contributed by atoms with Gasteiger partial charge >= 0.3 is 0 Å². The van der Waals surface area contributed by atoms with Crippen LogP contribution in [-0.4, -0.2) is 62.7 Å². The highest BCUT2D eigenvalue weighted by atomic mass is 16.5. The number of hydrogen-bond acceptors (Lipinski definition) is 4. The lowest BCUT2D eigenvalue weighted by Gasteiger charge is -2.32. The standard InChI is InChI=1S/C18H28N2O3/c1-4-20(18(21)15-6-5-11-19(2)14-15)12-13-23-17-9-7-16(22-3)8-10-17/h7-10,15H,4-6,11-14H2,1-3H3. The van der Waals surface area contributed by atoms with Crippen LogP contribution in [0.5, 0.6) is 11.5 Å². The Balaban J connectivity index is 1.80. The van der Waals surface area contributed by atoms with Crippen molar-refractivity contribution in [3.63, 3.8) is 0 Å². The van der Waals surface area contributed by atoms with E-state index in [1.54, 1.807) is 7.11 Å². The quantitative estimate of drug-likeness (QED) is 0.773. The second-order valence-electron chi connectivity index (χ2n) is 6.04. The first-order valence-corrected chi connectivity index (χ1v) is 8.38. The summed E-state index contributed by atoms with van der Waals surface area (Å²) in [6.07, 6.45) is 2.10. The molecule has 1 amide bonds. The number of carbonyl (C=O) groups excluding carboxylic acids is 1. The molecule has 23 heavy (non-hydrogen) atoms. The molecule has 1 aliphatic rings. The molecule has 1 saturated heterocycles. The molecule has 5 nitrogen and oxygen atoms in total. The topological polar surface area (TPSA) is 42.0 Å². The van der Waals surface area contributed by atoms with Crippen molar-refractivity contribution in [1.82, 2.24) is 9.80 Å². The zero-order valence-electron chi connectivity index (χ0n) is 14.5. The van der Waals surface area contributed by atoms with E-state index in [-0.39, 0.29) is 11.8 Å². The molecule has 1 atom stereocenters. The Morgan fingerprint density at radius 1 is 1.30 bits per heavy atom. The van der Waals surface area contributed by atoms with Crippen molar-refractivity contribution in [3.8, 4) is 11.5 Å². The second-order valence-corrected chi connectivity index (χ2v) is 6.04. The molecule has 0 bridgehead atoms. The SMILES string of the molecule is CCN(CCOc1ccc(OC)cc1)C(=O)C1CCCN(C)C1. The summed E-state index contributed by atoms with van der Waals surface area (Å²) in [5.41, 5.74) is 0. The molecule has 1 fully saturated rings. The van der Waals surface area contributed by atoms with Crippen molar-refractivity contribution in [3.05, 3.63) is 24.3 Å². The van der Waals surface area contributed by atoms with Crippen molar-refractivity contribution in [2.75, 3.05) is 46.9 Å². The van der Waals surface area contributed by atoms with Crippen LogP contribution in [0.2, 0.25) is 0 Å². The number of amides is 1. The van der Waals surface area contributed by atoms with Gasteiger partial charge in [-0.3, -0.25) is 4.79 Å². The fourth-order valence-electron chi connectivity index (χ4n) is 3.00. The van der Waals surface area contributed by atoms with Crippen molar-refractivity contribution < 1.29 is 14.3 Å². The van der Waals surface area contributed by atoms with E-state index < -0.39 is 0 Å². The van der Waals surface area contributed by atoms with Crippen LogP contribution in [-0.2, 0) is 4.79 Å². The summed E-state index contributed by atoms with van der Waals surface area (Å²) >= 11 is 0. The number of hydrogen-bond donors (Lipinski definition) is 0. The third-order valence-corrected chi connectivity index (χ3v) is 4.36. The monoisotopic (exact) mass is 320 g/mol. The van der Waals surface area contributed by atoms with Gasteiger partial charge < -0.3 is 19.3 Å². The molecule has 2 rings (SSSR count). The van der Waals surface area contributed by atoms with Gasteiger partial charge in [0.05, 0.1) is 19.6 Å². The van der Waals surface area contributed by atoms with E-state index in [9.17, 15) is 4.79 Å². The summed E-state index contributed by atoms with van der Waals surface area (Å²) in [6.45, 7) is 5.85. The van der Waals surface area contributed by atoms with Gasteiger partial charge in [0.15, 0.2) is 0 Å². The maximum Gasteiger partial charge on any atom is 0.227 e. The van der Waals surface area contributed by atoms with Gasteiger partial charge in [-0.05, 0) is 57.6 Å². The number of likely N-dealkylation sites (N-methyl/N-ethyl adjacent to an activating group) is 1. The normalized spacial score (nSPS) is 18.5. The predicted octanol–water partition coefficient (Wildman–Crippen LogP) is 2.26. The molecule has 0 aromatic heterocycles. The third kappa shape index (κ3) is 5.13. The maximum absolute atomic E-state index is 12.6. The minimum absolute atomic E-state index is 0.134. The first-order valence-electron chi connectivity index (χ1n) is 8.38. The molecule has 0 saturated carbocycles. The second kappa shape index (κ2) is 8.77. The molecule has 1 aliphatic heterocycles. The molecule has 1 heterocycles. The van der Waals surface area contributed by atoms with Crippen LogP contribution in [0.3, 0.4) is 0 Å². The number of ether oxygens (including phenoxy) is 2. The van der Waals surface area contributed by atoms with E-state index in [1.165, 1.54) is 0 Å². The van der Waals surface area contributed by atoms with E-state index in [0.29, 0.717) is 13.2 Å². The Hall–Kier alpha value is -1.75. The number of nitrogens with zero attached hydrogens (tertiary/aromatic N) is 2. The van der Waals surface area contributed by atoms with Crippen LogP contribution in [0.1, 0.15) is 19.8 Å². The lowest BCUT2D eigenvalue weighted by molar-refractivity contribution is -0.137. The lowest BCUT2D eigenvalue weighted by atomic mass is 9.97. The van der Waals surface area contributed by atoms with Gasteiger partial charge in [-0.25, -0.2) is 0 Å². The number of carbonyl (C=O) groups is 1. The Kier molecular flexibility index (Phi) is 6.71. The molecule has 1 aromatic rings. The van der Waals surface area contributed by atoms with Crippen molar-refractivity contribution in [2.24, 2.45) is 5.92 Å². The fraction of sp³-hybridized carbons (Fsp3) is 0.611. The average Bonchev–Trinajstić information content (AvgIpc) is 2.59. The highest BCUT2D eigenvalue weighted by Gasteiger charge is 2.27. The van der Waals surface area contributed by atoms with Crippen molar-refractivity contribution >= 4 is 5.91 Å². The molecular formula is C18H28N2O3. The summed E-state index contributed by atoms with van der Waals surface area (Å²) in [6, 6.07) is 7.51. The minimum Gasteiger partial charge on any atom is -0.497 e. The first-order chi connectivity index (χ1) is 11.1. The largest absolute Gasteiger partial charge is 0.497 e. The zero-order valence-corrected chi connectivity index (χ0v) is 14.5. The lowest BCUT2D eigenvalue weighted by Crippen LogP contribution is -2.44. The zero-order chi connectivity index (χ0) is 16.7. The summed E-state index contributed by atoms with van der Waals surface area (Å²) in [7, 11) is 3.73. The van der Waals surface area contributed by atoms with Crippen LogP contribution in [0, 0.1) is 5.92 Å². The van der Waals surface area contributed by atoms with Crippen LogP contribution in [0.15, 0.2) is 24.3 Å². The third-order valence-electron chi connectivity index (χ3n) is 4.36. The van der Waals surface area contributed by atoms with Crippen LogP contribution < -0.4 is 9.47 Å². The Morgan fingerprint density at radius 2 is 2.00 bits per heavy atom. The molecule has 0 N–H and O–H groups in total. The van der Waals surface area contributed by atoms with Crippen LogP contribution in [0.25, 0.3) is 0 Å². The number of methoxy groups -OCH3 is 1. The molecule has 5 heteroatoms. The smallest absolute Gasteiger partial charge is 0.227 e. The van der Waals surface area contributed by atoms with Crippen molar-refractivity contribution in [1.29, 1.82) is 0 Å². The molecule has 1 aromatic carbocycles. The van der Waals surface area contributed by atoms with Gasteiger partial charge in [-0.15, -0.1) is 0 Å². The Labute approximate surface area is 139 Å². The van der Waals surface area contributed by atoms with Crippen LogP contribution in [0.4, 0.5) is 0 Å². The first kappa shape index (κ1) is 17.6. The summed E-state index contributed by atoms with van der Waals surface area (Å²) < 4.78 is 10.9.